The number of halogens is 1. The zero-order valence-electron chi connectivity index (χ0n) is 10.3. The second-order valence-corrected chi connectivity index (χ2v) is 3.89. The lowest BCUT2D eigenvalue weighted by Crippen LogP contribution is -2.19. The molecule has 5 heteroatoms. The minimum atomic E-state index is -0.338. The molecule has 0 saturated carbocycles. The Balaban J connectivity index is 2.06. The summed E-state index contributed by atoms with van der Waals surface area (Å²) >= 11 is 0. The first-order valence-electron chi connectivity index (χ1n) is 5.67. The number of hydrogen-bond donors (Lipinski definition) is 1. The summed E-state index contributed by atoms with van der Waals surface area (Å²) in [6.07, 6.45) is 3.04. The van der Waals surface area contributed by atoms with E-state index in [0.29, 0.717) is 11.3 Å². The van der Waals surface area contributed by atoms with Gasteiger partial charge in [0.05, 0.1) is 11.3 Å². The van der Waals surface area contributed by atoms with Gasteiger partial charge in [-0.25, -0.2) is 9.82 Å². The minimum absolute atomic E-state index is 0.309. The van der Waals surface area contributed by atoms with E-state index in [1.165, 1.54) is 18.3 Å². The van der Waals surface area contributed by atoms with E-state index < -0.39 is 0 Å². The summed E-state index contributed by atoms with van der Waals surface area (Å²) in [6, 6.07) is 9.21. The average Bonchev–Trinajstić information content (AvgIpc) is 2.46. The molecule has 2 rings (SSSR count). The largest absolute Gasteiger partial charge is 0.272 e. The van der Waals surface area contributed by atoms with Gasteiger partial charge in [-0.05, 0) is 36.8 Å². The number of pyridine rings is 1. The molecule has 1 heterocycles. The molecule has 1 aromatic carbocycles. The van der Waals surface area contributed by atoms with Crippen LogP contribution in [0, 0.1) is 5.82 Å². The Hall–Kier alpha value is -2.56. The number of nitrogens with zero attached hydrogens (tertiary/aromatic N) is 2. The van der Waals surface area contributed by atoms with Gasteiger partial charge in [-0.1, -0.05) is 12.1 Å². The average molecular weight is 257 g/mol. The van der Waals surface area contributed by atoms with Gasteiger partial charge < -0.3 is 0 Å². The van der Waals surface area contributed by atoms with Crippen LogP contribution >= 0.6 is 0 Å². The van der Waals surface area contributed by atoms with E-state index in [9.17, 15) is 9.18 Å². The molecule has 0 aliphatic heterocycles. The van der Waals surface area contributed by atoms with Gasteiger partial charge in [0.2, 0.25) is 0 Å². The molecule has 0 aliphatic rings. The number of benzene rings is 1. The monoisotopic (exact) mass is 257 g/mol. The molecule has 0 atom stereocenters. The highest BCUT2D eigenvalue weighted by atomic mass is 19.1. The summed E-state index contributed by atoms with van der Waals surface area (Å²) < 4.78 is 12.8. The second kappa shape index (κ2) is 5.86. The van der Waals surface area contributed by atoms with Crippen molar-refractivity contribution in [2.24, 2.45) is 5.10 Å². The molecule has 0 unspecified atom stereocenters. The van der Waals surface area contributed by atoms with Gasteiger partial charge >= 0.3 is 0 Å². The van der Waals surface area contributed by atoms with E-state index in [4.69, 9.17) is 0 Å². The molecule has 0 aliphatic carbocycles. The van der Waals surface area contributed by atoms with Crippen LogP contribution in [0.1, 0.15) is 22.8 Å². The molecule has 0 fully saturated rings. The van der Waals surface area contributed by atoms with E-state index >= 15 is 0 Å². The van der Waals surface area contributed by atoms with Gasteiger partial charge in [-0.3, -0.25) is 9.78 Å². The molecule has 0 radical (unpaired) electrons. The van der Waals surface area contributed by atoms with E-state index in [1.807, 2.05) is 0 Å². The van der Waals surface area contributed by atoms with Gasteiger partial charge in [-0.15, -0.1) is 0 Å². The summed E-state index contributed by atoms with van der Waals surface area (Å²) in [6.45, 7) is 1.73. The predicted molar refractivity (Wildman–Crippen MR) is 70.3 cm³/mol. The van der Waals surface area contributed by atoms with Crippen molar-refractivity contribution >= 4 is 11.6 Å². The molecule has 1 amide bonds. The highest BCUT2D eigenvalue weighted by Crippen LogP contribution is 2.04. The van der Waals surface area contributed by atoms with E-state index in [-0.39, 0.29) is 11.7 Å². The van der Waals surface area contributed by atoms with Crippen LogP contribution < -0.4 is 5.43 Å². The molecule has 96 valence electrons. The molecule has 0 bridgehead atoms. The molecule has 4 nitrogen and oxygen atoms in total. The Morgan fingerprint density at radius 1 is 1.21 bits per heavy atom. The lowest BCUT2D eigenvalue weighted by molar-refractivity contribution is 0.0954. The Morgan fingerprint density at radius 3 is 2.58 bits per heavy atom. The summed E-state index contributed by atoms with van der Waals surface area (Å²) in [5.74, 6) is -0.648. The van der Waals surface area contributed by atoms with Crippen molar-refractivity contribution in [3.8, 4) is 0 Å². The number of carbonyl (C=O) groups is 1. The first-order chi connectivity index (χ1) is 9.16. The number of hydrazone groups is 1. The van der Waals surface area contributed by atoms with E-state index in [1.54, 1.807) is 37.4 Å². The summed E-state index contributed by atoms with van der Waals surface area (Å²) in [4.78, 5) is 15.6. The van der Waals surface area contributed by atoms with Crippen LogP contribution in [0.2, 0.25) is 0 Å². The summed E-state index contributed by atoms with van der Waals surface area (Å²) in [5, 5.41) is 3.97. The Labute approximate surface area is 110 Å². The van der Waals surface area contributed by atoms with Gasteiger partial charge in [0.25, 0.3) is 5.91 Å². The first-order valence-corrected chi connectivity index (χ1v) is 5.67. The highest BCUT2D eigenvalue weighted by molar-refractivity contribution is 6.00. The topological polar surface area (TPSA) is 54.4 Å². The number of nitrogens with one attached hydrogen (secondary N) is 1. The van der Waals surface area contributed by atoms with Crippen molar-refractivity contribution in [2.75, 3.05) is 0 Å². The predicted octanol–water partition coefficient (Wildman–Crippen LogP) is 2.37. The number of rotatable bonds is 3. The van der Waals surface area contributed by atoms with Crippen molar-refractivity contribution in [3.05, 3.63) is 65.7 Å². The molecular weight excluding hydrogens is 245 g/mol. The van der Waals surface area contributed by atoms with Crippen molar-refractivity contribution in [2.45, 2.75) is 6.92 Å². The summed E-state index contributed by atoms with van der Waals surface area (Å²) in [5.41, 5.74) is 4.19. The van der Waals surface area contributed by atoms with Gasteiger partial charge in [0.15, 0.2) is 0 Å². The van der Waals surface area contributed by atoms with Crippen LogP contribution in [-0.2, 0) is 0 Å². The maximum atomic E-state index is 12.8. The van der Waals surface area contributed by atoms with Gasteiger partial charge in [0, 0.05) is 12.4 Å². The Morgan fingerprint density at radius 2 is 1.95 bits per heavy atom. The van der Waals surface area contributed by atoms with Crippen molar-refractivity contribution in [1.82, 2.24) is 10.4 Å². The molecule has 0 saturated heterocycles. The third-order valence-electron chi connectivity index (χ3n) is 2.51. The quantitative estimate of drug-likeness (QED) is 0.678. The fraction of sp³-hybridized carbons (Fsp3) is 0.0714. The highest BCUT2D eigenvalue weighted by Gasteiger charge is 2.04. The molecule has 0 spiro atoms. The number of aromatic nitrogens is 1. The van der Waals surface area contributed by atoms with Crippen LogP contribution in [0.15, 0.2) is 53.9 Å². The Bertz CT molecular complexity index is 594. The number of hydrogen-bond acceptors (Lipinski definition) is 3. The zero-order valence-corrected chi connectivity index (χ0v) is 10.3. The summed E-state index contributed by atoms with van der Waals surface area (Å²) in [7, 11) is 0. The van der Waals surface area contributed by atoms with Crippen molar-refractivity contribution in [3.63, 3.8) is 0 Å². The van der Waals surface area contributed by atoms with Gasteiger partial charge in [-0.2, -0.15) is 5.10 Å². The third-order valence-corrected chi connectivity index (χ3v) is 2.51. The Kier molecular flexibility index (Phi) is 3.97. The molecule has 1 aromatic heterocycles. The normalized spacial score (nSPS) is 11.2. The van der Waals surface area contributed by atoms with Crippen LogP contribution in [0.5, 0.6) is 0 Å². The first kappa shape index (κ1) is 12.9. The van der Waals surface area contributed by atoms with Crippen LogP contribution in [0.4, 0.5) is 4.39 Å². The minimum Gasteiger partial charge on any atom is -0.267 e. The molecular formula is C14H12FN3O. The SMILES string of the molecule is C/C(=N/NC(=O)c1cccnc1)c1ccc(F)cc1. The second-order valence-electron chi connectivity index (χ2n) is 3.89. The van der Waals surface area contributed by atoms with Crippen molar-refractivity contribution < 1.29 is 9.18 Å². The van der Waals surface area contributed by atoms with Crippen LogP contribution in [-0.4, -0.2) is 16.6 Å². The lowest BCUT2D eigenvalue weighted by atomic mass is 10.1. The maximum Gasteiger partial charge on any atom is 0.272 e. The maximum absolute atomic E-state index is 12.8. The molecule has 19 heavy (non-hydrogen) atoms. The standard InChI is InChI=1S/C14H12FN3O/c1-10(11-4-6-13(15)7-5-11)17-18-14(19)12-3-2-8-16-9-12/h2-9H,1H3,(H,18,19)/b17-10-. The lowest BCUT2D eigenvalue weighted by Gasteiger charge is -2.02. The smallest absolute Gasteiger partial charge is 0.267 e. The fourth-order valence-electron chi connectivity index (χ4n) is 1.45. The van der Waals surface area contributed by atoms with E-state index in [2.05, 4.69) is 15.5 Å². The van der Waals surface area contributed by atoms with Gasteiger partial charge in [0.1, 0.15) is 5.82 Å². The molecule has 1 N–H and O–H groups in total. The number of carbonyl (C=O) groups excluding carboxylic acids is 1. The van der Waals surface area contributed by atoms with Crippen molar-refractivity contribution in [1.29, 1.82) is 0 Å². The van der Waals surface area contributed by atoms with Crippen LogP contribution in [0.25, 0.3) is 0 Å². The zero-order chi connectivity index (χ0) is 13.7. The number of amides is 1. The fourth-order valence-corrected chi connectivity index (χ4v) is 1.45. The van der Waals surface area contributed by atoms with E-state index in [0.717, 1.165) is 5.56 Å². The molecule has 2 aromatic rings. The van der Waals surface area contributed by atoms with Crippen LogP contribution in [0.3, 0.4) is 0 Å². The third kappa shape index (κ3) is 3.45.